The van der Waals surface area contributed by atoms with E-state index in [0.717, 1.165) is 0 Å². The van der Waals surface area contributed by atoms with Crippen molar-refractivity contribution in [3.05, 3.63) is 0 Å². The molecule has 10 heteroatoms. The highest BCUT2D eigenvalue weighted by molar-refractivity contribution is 5.84. The number of carboxylic acids is 1. The van der Waals surface area contributed by atoms with Gasteiger partial charge in [-0.05, 0) is 0 Å². The van der Waals surface area contributed by atoms with Gasteiger partial charge in [-0.15, -0.1) is 0 Å². The summed E-state index contributed by atoms with van der Waals surface area (Å²) in [6, 6.07) is 0. The van der Waals surface area contributed by atoms with Crippen LogP contribution in [-0.4, -0.2) is 48.8 Å². The molecule has 5 nitrogen and oxygen atoms in total. The molecule has 0 aromatic carbocycles. The van der Waals surface area contributed by atoms with Gasteiger partial charge in [-0.2, -0.15) is 22.0 Å². The standard InChI is InChI=1S/C7H8F5NO4/c8-6(9,7(10,11)12)5(16)13-1-2-17-3-4(14)15/h1-3H2,(H,13,16)(H,14,15). The van der Waals surface area contributed by atoms with Crippen LogP contribution in [0.4, 0.5) is 22.0 Å². The summed E-state index contributed by atoms with van der Waals surface area (Å²) < 4.78 is 63.8. The Labute approximate surface area is 91.5 Å². The molecule has 0 heterocycles. The van der Waals surface area contributed by atoms with Gasteiger partial charge in [0.2, 0.25) is 0 Å². The van der Waals surface area contributed by atoms with E-state index in [0.29, 0.717) is 0 Å². The summed E-state index contributed by atoms with van der Waals surface area (Å²) in [7, 11) is 0. The van der Waals surface area contributed by atoms with Gasteiger partial charge in [0.05, 0.1) is 6.61 Å². The zero-order valence-corrected chi connectivity index (χ0v) is 8.18. The van der Waals surface area contributed by atoms with Gasteiger partial charge in [0, 0.05) is 6.54 Å². The Kier molecular flexibility index (Phi) is 5.26. The van der Waals surface area contributed by atoms with E-state index in [-0.39, 0.29) is 0 Å². The first-order chi connectivity index (χ1) is 7.59. The monoisotopic (exact) mass is 265 g/mol. The first-order valence-corrected chi connectivity index (χ1v) is 4.11. The van der Waals surface area contributed by atoms with E-state index in [1.54, 1.807) is 0 Å². The maximum Gasteiger partial charge on any atom is 0.463 e. The summed E-state index contributed by atoms with van der Waals surface area (Å²) in [6.45, 7) is -1.89. The largest absolute Gasteiger partial charge is 0.480 e. The predicted octanol–water partition coefficient (Wildman–Crippen LogP) is 0.401. The molecule has 0 bridgehead atoms. The minimum Gasteiger partial charge on any atom is -0.480 e. The second kappa shape index (κ2) is 5.75. The van der Waals surface area contributed by atoms with Crippen LogP contribution >= 0.6 is 0 Å². The molecule has 0 aliphatic rings. The Bertz CT molecular complexity index is 290. The molecular formula is C7H8F5NO4. The molecule has 0 fully saturated rings. The van der Waals surface area contributed by atoms with E-state index in [1.165, 1.54) is 5.32 Å². The van der Waals surface area contributed by atoms with Crippen molar-refractivity contribution in [2.75, 3.05) is 19.8 Å². The van der Waals surface area contributed by atoms with Crippen LogP contribution in [-0.2, 0) is 14.3 Å². The SMILES string of the molecule is O=C(O)COCCNC(=O)C(F)(F)C(F)(F)F. The van der Waals surface area contributed by atoms with E-state index < -0.39 is 43.7 Å². The third kappa shape index (κ3) is 4.93. The topological polar surface area (TPSA) is 75.6 Å². The maximum absolute atomic E-state index is 12.3. The normalized spacial score (nSPS) is 12.3. The van der Waals surface area contributed by atoms with Gasteiger partial charge in [0.1, 0.15) is 6.61 Å². The fourth-order valence-electron chi connectivity index (χ4n) is 0.636. The number of ether oxygens (including phenoxy) is 1. The van der Waals surface area contributed by atoms with Crippen molar-refractivity contribution >= 4 is 11.9 Å². The summed E-state index contributed by atoms with van der Waals surface area (Å²) in [5.74, 6) is -9.33. The molecule has 0 saturated carbocycles. The molecule has 2 N–H and O–H groups in total. The lowest BCUT2D eigenvalue weighted by molar-refractivity contribution is -0.269. The Balaban J connectivity index is 3.99. The summed E-state index contributed by atoms with van der Waals surface area (Å²) in [4.78, 5) is 20.4. The van der Waals surface area contributed by atoms with Crippen LogP contribution < -0.4 is 5.32 Å². The van der Waals surface area contributed by atoms with Crippen molar-refractivity contribution in [2.24, 2.45) is 0 Å². The van der Waals surface area contributed by atoms with Crippen molar-refractivity contribution < 1.29 is 41.4 Å². The number of nitrogens with one attached hydrogen (secondary N) is 1. The van der Waals surface area contributed by atoms with Crippen LogP contribution in [0.1, 0.15) is 0 Å². The second-order valence-electron chi connectivity index (χ2n) is 2.77. The lowest BCUT2D eigenvalue weighted by Gasteiger charge is -2.18. The molecule has 0 aromatic rings. The quantitative estimate of drug-likeness (QED) is 0.538. The first kappa shape index (κ1) is 15.5. The molecule has 17 heavy (non-hydrogen) atoms. The van der Waals surface area contributed by atoms with Gasteiger partial charge in [-0.3, -0.25) is 4.79 Å². The summed E-state index contributed by atoms with van der Waals surface area (Å²) in [5, 5.41) is 9.35. The molecule has 0 spiro atoms. The van der Waals surface area contributed by atoms with Gasteiger partial charge < -0.3 is 15.2 Å². The van der Waals surface area contributed by atoms with Crippen molar-refractivity contribution in [2.45, 2.75) is 12.1 Å². The van der Waals surface area contributed by atoms with Crippen LogP contribution in [0.3, 0.4) is 0 Å². The van der Waals surface area contributed by atoms with Gasteiger partial charge in [0.15, 0.2) is 0 Å². The average Bonchev–Trinajstić information content (AvgIpc) is 2.14. The number of aliphatic carboxylic acids is 1. The molecule has 0 unspecified atom stereocenters. The average molecular weight is 265 g/mol. The Morgan fingerprint density at radius 1 is 1.18 bits per heavy atom. The van der Waals surface area contributed by atoms with Crippen LogP contribution in [0.15, 0.2) is 0 Å². The van der Waals surface area contributed by atoms with Crippen molar-refractivity contribution in [3.8, 4) is 0 Å². The number of hydrogen-bond donors (Lipinski definition) is 2. The fourth-order valence-corrected chi connectivity index (χ4v) is 0.636. The van der Waals surface area contributed by atoms with Crippen LogP contribution in [0, 0.1) is 0 Å². The smallest absolute Gasteiger partial charge is 0.463 e. The number of carbonyl (C=O) groups excluding carboxylic acids is 1. The summed E-state index contributed by atoms with van der Waals surface area (Å²) >= 11 is 0. The fraction of sp³-hybridized carbons (Fsp3) is 0.714. The van der Waals surface area contributed by atoms with Crippen molar-refractivity contribution in [1.82, 2.24) is 5.32 Å². The van der Waals surface area contributed by atoms with Crippen LogP contribution in [0.5, 0.6) is 0 Å². The van der Waals surface area contributed by atoms with E-state index >= 15 is 0 Å². The van der Waals surface area contributed by atoms with E-state index in [2.05, 4.69) is 4.74 Å². The zero-order chi connectivity index (χ0) is 13.7. The highest BCUT2D eigenvalue weighted by Crippen LogP contribution is 2.35. The highest BCUT2D eigenvalue weighted by atomic mass is 19.4. The number of amides is 1. The number of hydrogen-bond acceptors (Lipinski definition) is 3. The Morgan fingerprint density at radius 3 is 2.12 bits per heavy atom. The minimum atomic E-state index is -5.97. The van der Waals surface area contributed by atoms with E-state index in [9.17, 15) is 31.5 Å². The highest BCUT2D eigenvalue weighted by Gasteiger charge is 2.63. The van der Waals surface area contributed by atoms with Crippen molar-refractivity contribution in [3.63, 3.8) is 0 Å². The number of halogens is 5. The first-order valence-electron chi connectivity index (χ1n) is 4.11. The lowest BCUT2D eigenvalue weighted by Crippen LogP contribution is -2.51. The van der Waals surface area contributed by atoms with Gasteiger partial charge in [0.25, 0.3) is 5.91 Å². The van der Waals surface area contributed by atoms with E-state index in [1.807, 2.05) is 0 Å². The number of carboxylic acid groups (broad SMARTS) is 1. The number of alkyl halides is 5. The third-order valence-corrected chi connectivity index (χ3v) is 1.40. The molecule has 0 aliphatic heterocycles. The molecule has 0 saturated heterocycles. The third-order valence-electron chi connectivity index (χ3n) is 1.40. The second-order valence-corrected chi connectivity index (χ2v) is 2.77. The number of carbonyl (C=O) groups is 2. The minimum absolute atomic E-state index is 0.494. The molecule has 0 radical (unpaired) electrons. The zero-order valence-electron chi connectivity index (χ0n) is 8.18. The van der Waals surface area contributed by atoms with Crippen LogP contribution in [0.25, 0.3) is 0 Å². The molecule has 0 rings (SSSR count). The molecule has 0 aliphatic carbocycles. The van der Waals surface area contributed by atoms with Gasteiger partial charge >= 0.3 is 18.1 Å². The lowest BCUT2D eigenvalue weighted by atomic mass is 10.3. The number of rotatable bonds is 6. The van der Waals surface area contributed by atoms with E-state index in [4.69, 9.17) is 5.11 Å². The molecular weight excluding hydrogens is 257 g/mol. The maximum atomic E-state index is 12.3. The summed E-state index contributed by atoms with van der Waals surface area (Å²) in [5.41, 5.74) is 0. The van der Waals surface area contributed by atoms with Gasteiger partial charge in [-0.1, -0.05) is 0 Å². The molecule has 0 atom stereocenters. The Morgan fingerprint density at radius 2 is 1.71 bits per heavy atom. The summed E-state index contributed by atoms with van der Waals surface area (Å²) in [6.07, 6.45) is -5.97. The predicted molar refractivity (Wildman–Crippen MR) is 42.5 cm³/mol. The Hall–Kier alpha value is -1.45. The van der Waals surface area contributed by atoms with Gasteiger partial charge in [-0.25, -0.2) is 4.79 Å². The molecule has 100 valence electrons. The van der Waals surface area contributed by atoms with Crippen molar-refractivity contribution in [1.29, 1.82) is 0 Å². The molecule has 0 aromatic heterocycles. The molecule has 1 amide bonds. The van der Waals surface area contributed by atoms with Crippen LogP contribution in [0.2, 0.25) is 0 Å².